The first-order valence-electron chi connectivity index (χ1n) is 12.5. The van der Waals surface area contributed by atoms with Gasteiger partial charge in [-0.3, -0.25) is 9.10 Å². The van der Waals surface area contributed by atoms with E-state index < -0.39 is 32.5 Å². The lowest BCUT2D eigenvalue weighted by Gasteiger charge is -2.27. The molecule has 0 radical (unpaired) electrons. The van der Waals surface area contributed by atoms with Gasteiger partial charge in [0.25, 0.3) is 10.0 Å². The number of halogens is 1. The Labute approximate surface area is 239 Å². The zero-order chi connectivity index (χ0) is 28.9. The van der Waals surface area contributed by atoms with Crippen LogP contribution in [0.4, 0.5) is 11.4 Å². The molecule has 40 heavy (non-hydrogen) atoms. The lowest BCUT2D eigenvalue weighted by Crippen LogP contribution is -2.38. The van der Waals surface area contributed by atoms with Crippen LogP contribution >= 0.6 is 11.6 Å². The van der Waals surface area contributed by atoms with Crippen LogP contribution in [0.25, 0.3) is 0 Å². The smallest absolute Gasteiger partial charge is 0.264 e. The Kier molecular flexibility index (Phi) is 9.24. The number of nitrogens with zero attached hydrogens (tertiary/aromatic N) is 2. The first kappa shape index (κ1) is 29.7. The first-order valence-corrected chi connectivity index (χ1v) is 15.7. The molecule has 0 aromatic heterocycles. The van der Waals surface area contributed by atoms with Crippen LogP contribution in [0.15, 0.2) is 76.5 Å². The highest BCUT2D eigenvalue weighted by Crippen LogP contribution is 2.35. The highest BCUT2D eigenvalue weighted by molar-refractivity contribution is 7.93. The number of methoxy groups -OCH3 is 2. The molecule has 0 spiro atoms. The molecule has 10 nitrogen and oxygen atoms in total. The van der Waals surface area contributed by atoms with E-state index in [1.54, 1.807) is 24.3 Å². The minimum Gasteiger partial charge on any atom is -0.495 e. The summed E-state index contributed by atoms with van der Waals surface area (Å²) in [6, 6.07) is 16.3. The van der Waals surface area contributed by atoms with Crippen molar-refractivity contribution in [3.8, 4) is 11.5 Å². The fourth-order valence-electron chi connectivity index (χ4n) is 4.41. The minimum atomic E-state index is -4.24. The molecule has 1 fully saturated rings. The second kappa shape index (κ2) is 12.5. The largest absolute Gasteiger partial charge is 0.495 e. The van der Waals surface area contributed by atoms with Crippen LogP contribution in [-0.2, 0) is 24.8 Å². The quantitative estimate of drug-likeness (QED) is 0.363. The van der Waals surface area contributed by atoms with Gasteiger partial charge in [-0.1, -0.05) is 36.2 Å². The molecule has 1 aliphatic rings. The molecule has 214 valence electrons. The minimum absolute atomic E-state index is 0.0378. The van der Waals surface area contributed by atoms with Crippen molar-refractivity contribution in [2.24, 2.45) is 0 Å². The molecule has 0 unspecified atom stereocenters. The van der Waals surface area contributed by atoms with Crippen molar-refractivity contribution in [1.29, 1.82) is 0 Å². The van der Waals surface area contributed by atoms with Crippen LogP contribution < -0.4 is 19.1 Å². The molecular formula is C27H30ClN3O7S2. The van der Waals surface area contributed by atoms with Gasteiger partial charge in [0, 0.05) is 23.8 Å². The van der Waals surface area contributed by atoms with Crippen molar-refractivity contribution in [3.05, 3.63) is 71.8 Å². The SMILES string of the molecule is COc1ccc(Cl)cc1N(CC(=O)Nc1ccc(OC)c(S(=O)(=O)N2CCCCC2)c1)S(=O)(=O)c1ccccc1. The number of benzene rings is 3. The van der Waals surface area contributed by atoms with Gasteiger partial charge in [0.05, 0.1) is 24.8 Å². The Morgan fingerprint density at radius 2 is 1.55 bits per heavy atom. The number of ether oxygens (including phenoxy) is 2. The van der Waals surface area contributed by atoms with Crippen LogP contribution in [0.5, 0.6) is 11.5 Å². The molecule has 4 rings (SSSR count). The molecule has 0 atom stereocenters. The highest BCUT2D eigenvalue weighted by Gasteiger charge is 2.31. The normalized spacial score (nSPS) is 14.4. The van der Waals surface area contributed by atoms with Crippen LogP contribution in [0.3, 0.4) is 0 Å². The summed E-state index contributed by atoms with van der Waals surface area (Å²) >= 11 is 6.18. The fourth-order valence-corrected chi connectivity index (χ4v) is 7.72. The van der Waals surface area contributed by atoms with Gasteiger partial charge in [-0.15, -0.1) is 0 Å². The van der Waals surface area contributed by atoms with E-state index in [2.05, 4.69) is 5.32 Å². The van der Waals surface area contributed by atoms with E-state index in [0.29, 0.717) is 13.1 Å². The van der Waals surface area contributed by atoms with E-state index in [-0.39, 0.29) is 37.7 Å². The monoisotopic (exact) mass is 607 g/mol. The summed E-state index contributed by atoms with van der Waals surface area (Å²) in [6.07, 6.45) is 2.48. The zero-order valence-electron chi connectivity index (χ0n) is 22.0. The molecule has 1 heterocycles. The molecule has 1 saturated heterocycles. The summed E-state index contributed by atoms with van der Waals surface area (Å²) in [6.45, 7) is 0.153. The molecule has 13 heteroatoms. The summed E-state index contributed by atoms with van der Waals surface area (Å²) in [5, 5.41) is 2.87. The van der Waals surface area contributed by atoms with Crippen LogP contribution in [0.1, 0.15) is 19.3 Å². The van der Waals surface area contributed by atoms with Crippen molar-refractivity contribution >= 4 is 48.9 Å². The number of piperidine rings is 1. The van der Waals surface area contributed by atoms with E-state index in [1.807, 2.05) is 0 Å². The van der Waals surface area contributed by atoms with Crippen LogP contribution in [0.2, 0.25) is 5.02 Å². The van der Waals surface area contributed by atoms with Gasteiger partial charge in [0.15, 0.2) is 0 Å². The molecule has 0 bridgehead atoms. The van der Waals surface area contributed by atoms with Gasteiger partial charge < -0.3 is 14.8 Å². The number of hydrogen-bond donors (Lipinski definition) is 1. The van der Waals surface area contributed by atoms with Crippen LogP contribution in [-0.4, -0.2) is 60.9 Å². The van der Waals surface area contributed by atoms with Gasteiger partial charge in [-0.25, -0.2) is 16.8 Å². The second-order valence-electron chi connectivity index (χ2n) is 9.02. The Morgan fingerprint density at radius 3 is 2.20 bits per heavy atom. The lowest BCUT2D eigenvalue weighted by molar-refractivity contribution is -0.114. The van der Waals surface area contributed by atoms with E-state index >= 15 is 0 Å². The molecular weight excluding hydrogens is 578 g/mol. The number of amides is 1. The number of sulfonamides is 2. The summed E-state index contributed by atoms with van der Waals surface area (Å²) in [7, 11) is -5.37. The van der Waals surface area contributed by atoms with E-state index in [1.165, 1.54) is 61.0 Å². The molecule has 1 aliphatic heterocycles. The van der Waals surface area contributed by atoms with E-state index in [0.717, 1.165) is 23.6 Å². The highest BCUT2D eigenvalue weighted by atomic mass is 35.5. The molecule has 0 aliphatic carbocycles. The van der Waals surface area contributed by atoms with E-state index in [4.69, 9.17) is 21.1 Å². The third kappa shape index (κ3) is 6.35. The molecule has 3 aromatic carbocycles. The molecule has 0 saturated carbocycles. The summed E-state index contributed by atoms with van der Waals surface area (Å²) in [5.74, 6) is -0.385. The number of rotatable bonds is 10. The number of carbonyl (C=O) groups excluding carboxylic acids is 1. The van der Waals surface area contributed by atoms with Crippen molar-refractivity contribution in [1.82, 2.24) is 4.31 Å². The average Bonchev–Trinajstić information content (AvgIpc) is 2.96. The number of anilines is 2. The zero-order valence-corrected chi connectivity index (χ0v) is 24.4. The average molecular weight is 608 g/mol. The van der Waals surface area contributed by atoms with E-state index in [9.17, 15) is 21.6 Å². The Balaban J connectivity index is 1.68. The third-order valence-electron chi connectivity index (χ3n) is 6.41. The van der Waals surface area contributed by atoms with Gasteiger partial charge in [0.2, 0.25) is 15.9 Å². The molecule has 3 aromatic rings. The van der Waals surface area contributed by atoms with Crippen molar-refractivity contribution in [2.45, 2.75) is 29.1 Å². The Morgan fingerprint density at radius 1 is 0.900 bits per heavy atom. The van der Waals surface area contributed by atoms with Crippen molar-refractivity contribution in [3.63, 3.8) is 0 Å². The maximum atomic E-state index is 13.7. The standard InChI is InChI=1S/C27H30ClN3O7S2/c1-37-24-13-11-20(28)17-23(24)31(39(33,34)22-9-5-3-6-10-22)19-27(32)29-21-12-14-25(38-2)26(18-21)40(35,36)30-15-7-4-8-16-30/h3,5-6,9-14,17-18H,4,7-8,15-16,19H2,1-2H3,(H,29,32). The lowest BCUT2D eigenvalue weighted by atomic mass is 10.2. The fraction of sp³-hybridized carbons (Fsp3) is 0.296. The number of carbonyl (C=O) groups is 1. The third-order valence-corrected chi connectivity index (χ3v) is 10.3. The molecule has 1 amide bonds. The first-order chi connectivity index (χ1) is 19.1. The summed E-state index contributed by atoms with van der Waals surface area (Å²) < 4.78 is 67.1. The van der Waals surface area contributed by atoms with Crippen LogP contribution in [0, 0.1) is 0 Å². The predicted molar refractivity (Wildman–Crippen MR) is 153 cm³/mol. The maximum absolute atomic E-state index is 13.7. The Hall–Kier alpha value is -3.32. The summed E-state index contributed by atoms with van der Waals surface area (Å²) in [4.78, 5) is 13.2. The van der Waals surface area contributed by atoms with Gasteiger partial charge in [-0.05, 0) is 61.4 Å². The van der Waals surface area contributed by atoms with Gasteiger partial charge >= 0.3 is 0 Å². The van der Waals surface area contributed by atoms with Gasteiger partial charge in [0.1, 0.15) is 22.9 Å². The number of hydrogen-bond acceptors (Lipinski definition) is 7. The maximum Gasteiger partial charge on any atom is 0.264 e. The Bertz CT molecular complexity index is 1580. The molecule has 1 N–H and O–H groups in total. The van der Waals surface area contributed by atoms with Crippen molar-refractivity contribution < 1.29 is 31.1 Å². The number of nitrogens with one attached hydrogen (secondary N) is 1. The predicted octanol–water partition coefficient (Wildman–Crippen LogP) is 4.37. The van der Waals surface area contributed by atoms with Gasteiger partial charge in [-0.2, -0.15) is 4.31 Å². The second-order valence-corrected chi connectivity index (χ2v) is 13.2. The summed E-state index contributed by atoms with van der Waals surface area (Å²) in [5.41, 5.74) is 0.230. The topological polar surface area (TPSA) is 122 Å². The van der Waals surface area contributed by atoms with Crippen molar-refractivity contribution in [2.75, 3.05) is 43.5 Å².